The topological polar surface area (TPSA) is 93.7 Å². The molecule has 0 saturated carbocycles. The van der Waals surface area contributed by atoms with Crippen LogP contribution in [0.3, 0.4) is 0 Å². The van der Waals surface area contributed by atoms with Crippen LogP contribution in [0.4, 0.5) is 11.5 Å². The highest BCUT2D eigenvalue weighted by Gasteiger charge is 2.28. The Hall–Kier alpha value is -3.01. The van der Waals surface area contributed by atoms with Gasteiger partial charge in [0.25, 0.3) is 0 Å². The van der Waals surface area contributed by atoms with E-state index in [-0.39, 0.29) is 4.90 Å². The highest BCUT2D eigenvalue weighted by atomic mass is 32.2. The van der Waals surface area contributed by atoms with E-state index in [1.165, 1.54) is 4.31 Å². The molecule has 1 aliphatic rings. The number of hydrogen-bond donors (Lipinski definition) is 1. The Labute approximate surface area is 188 Å². The molecule has 168 valence electrons. The van der Waals surface area contributed by atoms with Crippen molar-refractivity contribution < 1.29 is 17.9 Å². The third kappa shape index (κ3) is 4.90. The molecule has 2 heterocycles. The number of aromatic nitrogens is 2. The molecule has 1 aliphatic heterocycles. The second-order valence-corrected chi connectivity index (χ2v) is 9.29. The summed E-state index contributed by atoms with van der Waals surface area (Å²) < 4.78 is 38.5. The van der Waals surface area contributed by atoms with Gasteiger partial charge in [0.05, 0.1) is 30.4 Å². The number of hydrogen-bond acceptors (Lipinski definition) is 7. The number of rotatable bonds is 7. The molecule has 9 heteroatoms. The summed E-state index contributed by atoms with van der Waals surface area (Å²) in [7, 11) is -3.60. The molecule has 0 bridgehead atoms. The Bertz CT molecular complexity index is 1160. The number of nitrogens with zero attached hydrogens (tertiary/aromatic N) is 3. The molecule has 1 N–H and O–H groups in total. The molecule has 1 fully saturated rings. The Morgan fingerprint density at radius 3 is 2.44 bits per heavy atom. The maximum atomic E-state index is 13.1. The zero-order valence-corrected chi connectivity index (χ0v) is 18.9. The van der Waals surface area contributed by atoms with Crippen LogP contribution < -0.4 is 10.1 Å². The first-order valence-electron chi connectivity index (χ1n) is 10.5. The number of benzene rings is 2. The molecule has 0 atom stereocenters. The average molecular weight is 455 g/mol. The summed E-state index contributed by atoms with van der Waals surface area (Å²) in [6.07, 6.45) is 0. The zero-order valence-electron chi connectivity index (χ0n) is 18.1. The predicted molar refractivity (Wildman–Crippen MR) is 123 cm³/mol. The first-order chi connectivity index (χ1) is 15.5. The summed E-state index contributed by atoms with van der Waals surface area (Å²) in [5.74, 6) is 1.40. The molecule has 0 spiro atoms. The summed E-state index contributed by atoms with van der Waals surface area (Å²) in [6.45, 7) is 5.90. The van der Waals surface area contributed by atoms with Crippen molar-refractivity contribution in [3.05, 3.63) is 60.2 Å². The van der Waals surface area contributed by atoms with E-state index in [1.54, 1.807) is 19.1 Å². The molecule has 0 radical (unpaired) electrons. The van der Waals surface area contributed by atoms with Crippen molar-refractivity contribution in [2.45, 2.75) is 18.7 Å². The van der Waals surface area contributed by atoms with Gasteiger partial charge < -0.3 is 14.8 Å². The molecule has 1 aromatic heterocycles. The van der Waals surface area contributed by atoms with Gasteiger partial charge >= 0.3 is 0 Å². The van der Waals surface area contributed by atoms with Crippen molar-refractivity contribution in [3.63, 3.8) is 0 Å². The number of anilines is 2. The van der Waals surface area contributed by atoms with E-state index >= 15 is 0 Å². The fraction of sp³-hybridized carbons (Fsp3) is 0.304. The lowest BCUT2D eigenvalue weighted by Crippen LogP contribution is -2.40. The van der Waals surface area contributed by atoms with Gasteiger partial charge in [-0.15, -0.1) is 10.2 Å². The van der Waals surface area contributed by atoms with Gasteiger partial charge in [0, 0.05) is 24.3 Å². The summed E-state index contributed by atoms with van der Waals surface area (Å²) in [4.78, 5) is 0.287. The molecule has 2 aromatic carbocycles. The quantitative estimate of drug-likeness (QED) is 0.583. The van der Waals surface area contributed by atoms with Crippen LogP contribution in [0.1, 0.15) is 12.5 Å². The van der Waals surface area contributed by atoms with Crippen molar-refractivity contribution in [1.29, 1.82) is 0 Å². The Morgan fingerprint density at radius 1 is 1.03 bits per heavy atom. The molecule has 0 amide bonds. The van der Waals surface area contributed by atoms with Crippen LogP contribution >= 0.6 is 0 Å². The van der Waals surface area contributed by atoms with Crippen molar-refractivity contribution in [2.75, 3.05) is 38.2 Å². The van der Waals surface area contributed by atoms with E-state index in [0.29, 0.717) is 55.5 Å². The number of ether oxygens (including phenoxy) is 2. The van der Waals surface area contributed by atoms with Crippen LogP contribution in [0.2, 0.25) is 0 Å². The Kier molecular flexibility index (Phi) is 6.69. The maximum absolute atomic E-state index is 13.1. The van der Waals surface area contributed by atoms with E-state index in [0.717, 1.165) is 11.4 Å². The Morgan fingerprint density at radius 2 is 1.78 bits per heavy atom. The minimum absolute atomic E-state index is 0.287. The standard InChI is InChI=1S/C23H26N4O4S/c1-3-31-20-8-6-19(7-9-20)24-23-11-10-21(25-26-23)18-5-4-17(2)22(16-18)32(28,29)27-12-14-30-15-13-27/h4-11,16H,3,12-15H2,1-2H3,(H,24,26). The van der Waals surface area contributed by atoms with E-state index in [2.05, 4.69) is 15.5 Å². The second kappa shape index (κ2) is 9.64. The number of nitrogens with one attached hydrogen (secondary N) is 1. The smallest absolute Gasteiger partial charge is 0.243 e. The molecule has 4 rings (SSSR count). The SMILES string of the molecule is CCOc1ccc(Nc2ccc(-c3ccc(C)c(S(=O)(=O)N4CCOCC4)c3)nn2)cc1. The third-order valence-electron chi connectivity index (χ3n) is 5.17. The summed E-state index contributed by atoms with van der Waals surface area (Å²) in [5.41, 5.74) is 2.86. The second-order valence-electron chi connectivity index (χ2n) is 7.38. The van der Waals surface area contributed by atoms with Crippen LogP contribution in [0, 0.1) is 6.92 Å². The predicted octanol–water partition coefficient (Wildman–Crippen LogP) is 3.62. The van der Waals surface area contributed by atoms with Gasteiger partial charge in [-0.05, 0) is 61.9 Å². The van der Waals surface area contributed by atoms with Crippen molar-refractivity contribution in [1.82, 2.24) is 14.5 Å². The lowest BCUT2D eigenvalue weighted by Gasteiger charge is -2.26. The van der Waals surface area contributed by atoms with Crippen molar-refractivity contribution >= 4 is 21.5 Å². The van der Waals surface area contributed by atoms with Gasteiger partial charge in [0.1, 0.15) is 5.75 Å². The molecule has 1 saturated heterocycles. The third-order valence-corrected chi connectivity index (χ3v) is 7.21. The molecular weight excluding hydrogens is 428 g/mol. The van der Waals surface area contributed by atoms with Gasteiger partial charge in [-0.25, -0.2) is 8.42 Å². The van der Waals surface area contributed by atoms with E-state index in [4.69, 9.17) is 9.47 Å². The lowest BCUT2D eigenvalue weighted by molar-refractivity contribution is 0.0730. The van der Waals surface area contributed by atoms with Gasteiger partial charge in [-0.1, -0.05) is 12.1 Å². The van der Waals surface area contributed by atoms with Crippen LogP contribution in [0.25, 0.3) is 11.3 Å². The van der Waals surface area contributed by atoms with Gasteiger partial charge in [-0.2, -0.15) is 4.31 Å². The Balaban J connectivity index is 1.53. The highest BCUT2D eigenvalue weighted by molar-refractivity contribution is 7.89. The largest absolute Gasteiger partial charge is 0.494 e. The number of aryl methyl sites for hydroxylation is 1. The van der Waals surface area contributed by atoms with Gasteiger partial charge in [0.2, 0.25) is 10.0 Å². The van der Waals surface area contributed by atoms with Crippen LogP contribution in [-0.2, 0) is 14.8 Å². The lowest BCUT2D eigenvalue weighted by atomic mass is 10.1. The van der Waals surface area contributed by atoms with Crippen molar-refractivity contribution in [2.24, 2.45) is 0 Å². The van der Waals surface area contributed by atoms with E-state index in [1.807, 2.05) is 49.4 Å². The molecule has 32 heavy (non-hydrogen) atoms. The van der Waals surface area contributed by atoms with Crippen LogP contribution in [0.15, 0.2) is 59.5 Å². The molecular formula is C23H26N4O4S. The minimum Gasteiger partial charge on any atom is -0.494 e. The fourth-order valence-electron chi connectivity index (χ4n) is 3.47. The van der Waals surface area contributed by atoms with Crippen LogP contribution in [-0.4, -0.2) is 55.8 Å². The molecule has 0 unspecified atom stereocenters. The number of morpholine rings is 1. The summed E-state index contributed by atoms with van der Waals surface area (Å²) >= 11 is 0. The van der Waals surface area contributed by atoms with Crippen LogP contribution in [0.5, 0.6) is 5.75 Å². The van der Waals surface area contributed by atoms with Gasteiger partial charge in [-0.3, -0.25) is 0 Å². The minimum atomic E-state index is -3.60. The molecule has 8 nitrogen and oxygen atoms in total. The fourth-order valence-corrected chi connectivity index (χ4v) is 5.12. The van der Waals surface area contributed by atoms with E-state index in [9.17, 15) is 8.42 Å². The van der Waals surface area contributed by atoms with Crippen molar-refractivity contribution in [3.8, 4) is 17.0 Å². The number of sulfonamides is 1. The maximum Gasteiger partial charge on any atom is 0.243 e. The molecule has 3 aromatic rings. The average Bonchev–Trinajstić information content (AvgIpc) is 2.82. The summed E-state index contributed by atoms with van der Waals surface area (Å²) in [5, 5.41) is 11.7. The van der Waals surface area contributed by atoms with Gasteiger partial charge in [0.15, 0.2) is 5.82 Å². The normalized spacial score (nSPS) is 14.8. The summed E-state index contributed by atoms with van der Waals surface area (Å²) in [6, 6.07) is 16.5. The monoisotopic (exact) mass is 454 g/mol. The zero-order chi connectivity index (χ0) is 22.6. The highest BCUT2D eigenvalue weighted by Crippen LogP contribution is 2.27. The first kappa shape index (κ1) is 22.2. The molecule has 0 aliphatic carbocycles. The first-order valence-corrected chi connectivity index (χ1v) is 11.9. The van der Waals surface area contributed by atoms with E-state index < -0.39 is 10.0 Å².